The van der Waals surface area contributed by atoms with Crippen molar-refractivity contribution in [2.45, 2.75) is 19.4 Å². The van der Waals surface area contributed by atoms with E-state index in [9.17, 15) is 9.59 Å². The third-order valence-corrected chi connectivity index (χ3v) is 5.22. The second kappa shape index (κ2) is 7.11. The third kappa shape index (κ3) is 3.20. The Bertz CT molecular complexity index is 1270. The first kappa shape index (κ1) is 18.1. The highest BCUT2D eigenvalue weighted by Crippen LogP contribution is 2.29. The van der Waals surface area contributed by atoms with Crippen molar-refractivity contribution in [2.75, 3.05) is 10.6 Å². The standard InChI is InChI=1S/C23H19N5O2/c1-14-9-11-16(12-10-14)21-25-23-26-22(30)19(28(23)27-21)13-20(29)24-18-8-4-6-15-5-2-3-7-17(15)18/h2-12,19H,13H2,1H3,(H,24,29)(H,25,26,27,30). The van der Waals surface area contributed by atoms with Crippen molar-refractivity contribution in [3.05, 3.63) is 72.3 Å². The number of aromatic nitrogens is 3. The summed E-state index contributed by atoms with van der Waals surface area (Å²) < 4.78 is 1.50. The smallest absolute Gasteiger partial charge is 0.252 e. The summed E-state index contributed by atoms with van der Waals surface area (Å²) in [6, 6.07) is 20.7. The number of nitrogens with zero attached hydrogens (tertiary/aromatic N) is 3. The number of nitrogens with one attached hydrogen (secondary N) is 2. The number of fused-ring (bicyclic) bond motifs is 2. The van der Waals surface area contributed by atoms with Gasteiger partial charge >= 0.3 is 0 Å². The highest BCUT2D eigenvalue weighted by molar-refractivity contribution is 6.05. The van der Waals surface area contributed by atoms with Gasteiger partial charge in [-0.05, 0) is 18.4 Å². The molecule has 1 aromatic heterocycles. The van der Waals surface area contributed by atoms with E-state index < -0.39 is 6.04 Å². The molecule has 0 radical (unpaired) electrons. The van der Waals surface area contributed by atoms with E-state index in [4.69, 9.17) is 0 Å². The first-order valence-electron chi connectivity index (χ1n) is 9.70. The van der Waals surface area contributed by atoms with E-state index in [1.54, 1.807) is 0 Å². The van der Waals surface area contributed by atoms with Crippen LogP contribution in [0.2, 0.25) is 0 Å². The van der Waals surface area contributed by atoms with Gasteiger partial charge in [0.1, 0.15) is 6.04 Å². The summed E-state index contributed by atoms with van der Waals surface area (Å²) in [5, 5.41) is 12.1. The minimum Gasteiger partial charge on any atom is -0.325 e. The largest absolute Gasteiger partial charge is 0.325 e. The van der Waals surface area contributed by atoms with E-state index in [-0.39, 0.29) is 18.2 Å². The van der Waals surface area contributed by atoms with Crippen LogP contribution in [0.15, 0.2) is 66.7 Å². The zero-order valence-electron chi connectivity index (χ0n) is 16.3. The van der Waals surface area contributed by atoms with Crippen molar-refractivity contribution >= 4 is 34.2 Å². The highest BCUT2D eigenvalue weighted by Gasteiger charge is 2.35. The zero-order valence-corrected chi connectivity index (χ0v) is 16.3. The quantitative estimate of drug-likeness (QED) is 0.546. The third-order valence-electron chi connectivity index (χ3n) is 5.22. The molecule has 0 aliphatic carbocycles. The van der Waals surface area contributed by atoms with Crippen molar-refractivity contribution in [1.82, 2.24) is 14.8 Å². The molecular formula is C23H19N5O2. The molecule has 148 valence electrons. The molecule has 1 aliphatic heterocycles. The van der Waals surface area contributed by atoms with E-state index in [0.717, 1.165) is 27.6 Å². The highest BCUT2D eigenvalue weighted by atomic mass is 16.2. The molecule has 1 aliphatic rings. The summed E-state index contributed by atoms with van der Waals surface area (Å²) in [5.41, 5.74) is 2.72. The van der Waals surface area contributed by atoms with Gasteiger partial charge in [0.25, 0.3) is 5.91 Å². The minimum atomic E-state index is -0.735. The SMILES string of the molecule is Cc1ccc(-c2nc3n(n2)C(CC(=O)Nc2cccc4ccccc24)C(=O)N3)cc1. The summed E-state index contributed by atoms with van der Waals surface area (Å²) >= 11 is 0. The fraction of sp³-hybridized carbons (Fsp3) is 0.130. The fourth-order valence-electron chi connectivity index (χ4n) is 3.65. The Kier molecular flexibility index (Phi) is 4.28. The molecule has 7 heteroatoms. The van der Waals surface area contributed by atoms with Crippen molar-refractivity contribution in [2.24, 2.45) is 0 Å². The number of carbonyl (C=O) groups excluding carboxylic acids is 2. The van der Waals surface area contributed by atoms with Crippen LogP contribution in [0.25, 0.3) is 22.2 Å². The van der Waals surface area contributed by atoms with Crippen molar-refractivity contribution in [1.29, 1.82) is 0 Å². The monoisotopic (exact) mass is 397 g/mol. The molecule has 1 atom stereocenters. The van der Waals surface area contributed by atoms with Crippen molar-refractivity contribution < 1.29 is 9.59 Å². The van der Waals surface area contributed by atoms with E-state index in [1.807, 2.05) is 73.7 Å². The van der Waals surface area contributed by atoms with E-state index in [0.29, 0.717) is 11.8 Å². The molecule has 5 rings (SSSR count). The van der Waals surface area contributed by atoms with Crippen molar-refractivity contribution in [3.8, 4) is 11.4 Å². The average Bonchev–Trinajstić information content (AvgIpc) is 3.27. The molecule has 0 fully saturated rings. The Labute approximate surface area is 172 Å². The van der Waals surface area contributed by atoms with Gasteiger partial charge in [-0.2, -0.15) is 4.98 Å². The van der Waals surface area contributed by atoms with Crippen LogP contribution in [0, 0.1) is 6.92 Å². The number of rotatable bonds is 4. The summed E-state index contributed by atoms with van der Waals surface area (Å²) in [7, 11) is 0. The molecule has 2 heterocycles. The van der Waals surface area contributed by atoms with Gasteiger partial charge in [0.2, 0.25) is 11.9 Å². The molecular weight excluding hydrogens is 378 g/mol. The van der Waals surface area contributed by atoms with Crippen LogP contribution in [0.1, 0.15) is 18.0 Å². The number of hydrogen-bond acceptors (Lipinski definition) is 4. The number of amides is 2. The van der Waals surface area contributed by atoms with Gasteiger partial charge in [-0.25, -0.2) is 4.68 Å². The maximum atomic E-state index is 12.7. The van der Waals surface area contributed by atoms with Gasteiger partial charge in [0, 0.05) is 16.6 Å². The molecule has 0 saturated heterocycles. The maximum Gasteiger partial charge on any atom is 0.252 e. The van der Waals surface area contributed by atoms with Crippen LogP contribution in [0.3, 0.4) is 0 Å². The van der Waals surface area contributed by atoms with E-state index in [1.165, 1.54) is 4.68 Å². The van der Waals surface area contributed by atoms with Gasteiger partial charge in [0.15, 0.2) is 5.82 Å². The zero-order chi connectivity index (χ0) is 20.7. The van der Waals surface area contributed by atoms with Crippen LogP contribution in [0.4, 0.5) is 11.6 Å². The topological polar surface area (TPSA) is 88.9 Å². The predicted molar refractivity (Wildman–Crippen MR) is 115 cm³/mol. The van der Waals surface area contributed by atoms with Crippen LogP contribution in [-0.4, -0.2) is 26.6 Å². The van der Waals surface area contributed by atoms with Crippen LogP contribution in [0.5, 0.6) is 0 Å². The van der Waals surface area contributed by atoms with E-state index >= 15 is 0 Å². The number of hydrogen-bond donors (Lipinski definition) is 2. The number of carbonyl (C=O) groups is 2. The molecule has 4 aromatic rings. The van der Waals surface area contributed by atoms with Gasteiger partial charge in [-0.1, -0.05) is 66.2 Å². The Hall–Kier alpha value is -4.00. The lowest BCUT2D eigenvalue weighted by molar-refractivity contribution is -0.123. The molecule has 3 aromatic carbocycles. The number of anilines is 2. The molecule has 0 bridgehead atoms. The lowest BCUT2D eigenvalue weighted by Gasteiger charge is -2.11. The second-order valence-electron chi connectivity index (χ2n) is 7.35. The number of aryl methyl sites for hydroxylation is 1. The summed E-state index contributed by atoms with van der Waals surface area (Å²) in [5.74, 6) is 0.336. The average molecular weight is 397 g/mol. The first-order chi connectivity index (χ1) is 14.6. The van der Waals surface area contributed by atoms with Crippen LogP contribution >= 0.6 is 0 Å². The molecule has 2 amide bonds. The Morgan fingerprint density at radius 3 is 2.67 bits per heavy atom. The molecule has 7 nitrogen and oxygen atoms in total. The maximum absolute atomic E-state index is 12.7. The predicted octanol–water partition coefficient (Wildman–Crippen LogP) is 3.93. The normalized spacial score (nSPS) is 15.1. The van der Waals surface area contributed by atoms with Gasteiger partial charge in [-0.15, -0.1) is 5.10 Å². The minimum absolute atomic E-state index is 0.0290. The Morgan fingerprint density at radius 1 is 1.07 bits per heavy atom. The van der Waals surface area contributed by atoms with Crippen LogP contribution < -0.4 is 10.6 Å². The summed E-state index contributed by atoms with van der Waals surface area (Å²) in [6.07, 6.45) is -0.0290. The van der Waals surface area contributed by atoms with E-state index in [2.05, 4.69) is 20.7 Å². The summed E-state index contributed by atoms with van der Waals surface area (Å²) in [6.45, 7) is 2.01. The van der Waals surface area contributed by atoms with Crippen molar-refractivity contribution in [3.63, 3.8) is 0 Å². The molecule has 30 heavy (non-hydrogen) atoms. The van der Waals surface area contributed by atoms with Crippen LogP contribution in [-0.2, 0) is 9.59 Å². The Balaban J connectivity index is 1.37. The lowest BCUT2D eigenvalue weighted by Crippen LogP contribution is -2.23. The molecule has 0 spiro atoms. The summed E-state index contributed by atoms with van der Waals surface area (Å²) in [4.78, 5) is 29.5. The van der Waals surface area contributed by atoms with Gasteiger partial charge in [0.05, 0.1) is 6.42 Å². The first-order valence-corrected chi connectivity index (χ1v) is 9.70. The lowest BCUT2D eigenvalue weighted by atomic mass is 10.1. The second-order valence-corrected chi connectivity index (χ2v) is 7.35. The molecule has 2 N–H and O–H groups in total. The van der Waals surface area contributed by atoms with Gasteiger partial charge < -0.3 is 5.32 Å². The fourth-order valence-corrected chi connectivity index (χ4v) is 3.65. The number of benzene rings is 3. The molecule has 0 saturated carbocycles. The molecule has 1 unspecified atom stereocenters. The Morgan fingerprint density at radius 2 is 1.83 bits per heavy atom. The van der Waals surface area contributed by atoms with Gasteiger partial charge in [-0.3, -0.25) is 14.9 Å².